The maximum atomic E-state index is 12.8. The zero-order chi connectivity index (χ0) is 21.5. The lowest BCUT2D eigenvalue weighted by molar-refractivity contribution is -0.149. The molecule has 0 aliphatic carbocycles. The number of ether oxygens (including phenoxy) is 2. The van der Waals surface area contributed by atoms with E-state index in [0.29, 0.717) is 49.3 Å². The van der Waals surface area contributed by atoms with E-state index < -0.39 is 12.1 Å². The highest BCUT2D eigenvalue weighted by molar-refractivity contribution is 5.77. The zero-order valence-electron chi connectivity index (χ0n) is 17.2. The van der Waals surface area contributed by atoms with Crippen molar-refractivity contribution >= 4 is 16.9 Å². The number of hydrogen-bond acceptors (Lipinski definition) is 5. The fraction of sp³-hybridized carbons (Fsp3) is 0.348. The molecule has 0 radical (unpaired) electrons. The van der Waals surface area contributed by atoms with E-state index in [-0.39, 0.29) is 5.56 Å². The number of hydrogen-bond donors (Lipinski definition) is 1. The maximum absolute atomic E-state index is 12.8. The molecule has 0 aliphatic heterocycles. The van der Waals surface area contributed by atoms with E-state index in [9.17, 15) is 14.7 Å². The Morgan fingerprint density at radius 2 is 1.87 bits per heavy atom. The lowest BCUT2D eigenvalue weighted by atomic mass is 10.1. The Kier molecular flexibility index (Phi) is 7.19. The topological polar surface area (TPSA) is 90.7 Å². The van der Waals surface area contributed by atoms with Crippen LogP contribution in [0.25, 0.3) is 10.9 Å². The molecule has 3 rings (SSSR count). The number of aryl methyl sites for hydroxylation is 1. The molecule has 7 nitrogen and oxygen atoms in total. The maximum Gasteiger partial charge on any atom is 0.333 e. The number of rotatable bonds is 10. The summed E-state index contributed by atoms with van der Waals surface area (Å²) in [5.74, 6) is 0.411. The third-order valence-corrected chi connectivity index (χ3v) is 4.83. The molecule has 1 unspecified atom stereocenters. The average Bonchev–Trinajstić information content (AvgIpc) is 2.75. The molecule has 1 heterocycles. The Morgan fingerprint density at radius 1 is 1.13 bits per heavy atom. The third-order valence-electron chi connectivity index (χ3n) is 4.83. The number of aliphatic carboxylic acids is 1. The van der Waals surface area contributed by atoms with Crippen LogP contribution in [-0.2, 0) is 28.9 Å². The summed E-state index contributed by atoms with van der Waals surface area (Å²) in [7, 11) is 0. The molecular weight excluding hydrogens is 384 g/mol. The number of aromatic nitrogens is 2. The molecule has 1 atom stereocenters. The van der Waals surface area contributed by atoms with Gasteiger partial charge < -0.3 is 14.6 Å². The zero-order valence-corrected chi connectivity index (χ0v) is 17.2. The third kappa shape index (κ3) is 5.04. The summed E-state index contributed by atoms with van der Waals surface area (Å²) in [4.78, 5) is 28.6. The van der Waals surface area contributed by atoms with Crippen molar-refractivity contribution in [3.8, 4) is 5.75 Å². The van der Waals surface area contributed by atoms with Gasteiger partial charge in [0.1, 0.15) is 18.2 Å². The van der Waals surface area contributed by atoms with Gasteiger partial charge in [0.25, 0.3) is 5.56 Å². The van der Waals surface area contributed by atoms with Gasteiger partial charge in [0.2, 0.25) is 0 Å². The second kappa shape index (κ2) is 10.0. The minimum atomic E-state index is -0.974. The van der Waals surface area contributed by atoms with E-state index in [4.69, 9.17) is 9.47 Å². The van der Waals surface area contributed by atoms with Crippen LogP contribution in [-0.4, -0.2) is 39.9 Å². The quantitative estimate of drug-likeness (QED) is 0.552. The molecule has 0 saturated carbocycles. The summed E-state index contributed by atoms with van der Waals surface area (Å²) in [6.45, 7) is 4.81. The number of para-hydroxylation sites is 1. The summed E-state index contributed by atoms with van der Waals surface area (Å²) >= 11 is 0. The Hall–Kier alpha value is -3.19. The van der Waals surface area contributed by atoms with Crippen LogP contribution in [0.1, 0.15) is 25.2 Å². The lowest BCUT2D eigenvalue weighted by Crippen LogP contribution is -2.27. The van der Waals surface area contributed by atoms with E-state index >= 15 is 0 Å². The van der Waals surface area contributed by atoms with E-state index in [1.54, 1.807) is 29.7 Å². The lowest BCUT2D eigenvalue weighted by Gasteiger charge is -2.14. The molecule has 0 saturated heterocycles. The van der Waals surface area contributed by atoms with Crippen LogP contribution in [0.2, 0.25) is 0 Å². The van der Waals surface area contributed by atoms with Crippen LogP contribution < -0.4 is 10.3 Å². The van der Waals surface area contributed by atoms with Gasteiger partial charge in [0, 0.05) is 19.4 Å². The first-order chi connectivity index (χ1) is 14.5. The van der Waals surface area contributed by atoms with Gasteiger partial charge in [-0.1, -0.05) is 31.2 Å². The van der Waals surface area contributed by atoms with Gasteiger partial charge in [-0.15, -0.1) is 0 Å². The highest BCUT2D eigenvalue weighted by Gasteiger charge is 2.17. The highest BCUT2D eigenvalue weighted by atomic mass is 16.5. The Balaban J connectivity index is 1.65. The molecule has 30 heavy (non-hydrogen) atoms. The molecule has 158 valence electrons. The number of carboxylic acids is 1. The first-order valence-electron chi connectivity index (χ1n) is 10.1. The molecule has 0 spiro atoms. The summed E-state index contributed by atoms with van der Waals surface area (Å²) in [6, 6.07) is 14.6. The minimum Gasteiger partial charge on any atom is -0.492 e. The van der Waals surface area contributed by atoms with Gasteiger partial charge in [-0.05, 0) is 36.8 Å². The monoisotopic (exact) mass is 410 g/mol. The van der Waals surface area contributed by atoms with Gasteiger partial charge in [0.15, 0.2) is 6.10 Å². The smallest absolute Gasteiger partial charge is 0.333 e. The molecule has 1 aromatic heterocycles. The fourth-order valence-electron chi connectivity index (χ4n) is 3.32. The number of carboxylic acid groups (broad SMARTS) is 1. The Labute approximate surface area is 174 Å². The molecule has 3 aromatic rings. The molecule has 0 bridgehead atoms. The van der Waals surface area contributed by atoms with Gasteiger partial charge in [-0.25, -0.2) is 9.78 Å². The SMILES string of the molecule is CCOC(Cc1ccc(OCCn2c(CC)nc3ccccc3c2=O)cc1)C(=O)O. The van der Waals surface area contributed by atoms with Crippen molar-refractivity contribution in [1.29, 1.82) is 0 Å². The largest absolute Gasteiger partial charge is 0.492 e. The normalized spacial score (nSPS) is 12.1. The van der Waals surface area contributed by atoms with Crippen molar-refractivity contribution < 1.29 is 19.4 Å². The van der Waals surface area contributed by atoms with E-state index in [2.05, 4.69) is 4.98 Å². The van der Waals surface area contributed by atoms with Crippen LogP contribution >= 0.6 is 0 Å². The second-order valence-corrected chi connectivity index (χ2v) is 6.83. The van der Waals surface area contributed by atoms with E-state index in [1.165, 1.54) is 0 Å². The van der Waals surface area contributed by atoms with Gasteiger partial charge in [-0.3, -0.25) is 9.36 Å². The van der Waals surface area contributed by atoms with Gasteiger partial charge in [0.05, 0.1) is 17.4 Å². The molecule has 0 amide bonds. The summed E-state index contributed by atoms with van der Waals surface area (Å²) in [6.07, 6.45) is 0.0855. The van der Waals surface area contributed by atoms with Crippen molar-refractivity contribution in [1.82, 2.24) is 9.55 Å². The van der Waals surface area contributed by atoms with Gasteiger partial charge in [-0.2, -0.15) is 0 Å². The molecule has 0 fully saturated rings. The van der Waals surface area contributed by atoms with Crippen LogP contribution in [0.5, 0.6) is 5.75 Å². The van der Waals surface area contributed by atoms with Crippen LogP contribution in [0, 0.1) is 0 Å². The van der Waals surface area contributed by atoms with Crippen molar-refractivity contribution in [2.75, 3.05) is 13.2 Å². The van der Waals surface area contributed by atoms with Gasteiger partial charge >= 0.3 is 5.97 Å². The molecule has 7 heteroatoms. The summed E-state index contributed by atoms with van der Waals surface area (Å²) < 4.78 is 12.7. The fourth-order valence-corrected chi connectivity index (χ4v) is 3.32. The van der Waals surface area contributed by atoms with E-state index in [1.807, 2.05) is 37.3 Å². The van der Waals surface area contributed by atoms with E-state index in [0.717, 1.165) is 11.4 Å². The minimum absolute atomic E-state index is 0.0629. The van der Waals surface area contributed by atoms with Crippen molar-refractivity contribution in [3.63, 3.8) is 0 Å². The number of fused-ring (bicyclic) bond motifs is 1. The predicted molar refractivity (Wildman–Crippen MR) is 114 cm³/mol. The number of carbonyl (C=O) groups is 1. The average molecular weight is 410 g/mol. The number of benzene rings is 2. The van der Waals surface area contributed by atoms with Crippen molar-refractivity contribution in [3.05, 3.63) is 70.3 Å². The standard InChI is InChI=1S/C23H26N2O5/c1-3-21-24-19-8-6-5-7-18(19)22(26)25(21)13-14-30-17-11-9-16(10-12-17)15-20(23(27)28)29-4-2/h5-12,20H,3-4,13-15H2,1-2H3,(H,27,28). The Bertz CT molecular complexity index is 1060. The molecule has 0 aliphatic rings. The first-order valence-corrected chi connectivity index (χ1v) is 10.1. The first kappa shape index (κ1) is 21.5. The molecular formula is C23H26N2O5. The van der Waals surface area contributed by atoms with Crippen LogP contribution in [0.15, 0.2) is 53.3 Å². The molecule has 2 aromatic carbocycles. The second-order valence-electron chi connectivity index (χ2n) is 6.83. The number of nitrogens with zero attached hydrogens (tertiary/aromatic N) is 2. The molecule has 1 N–H and O–H groups in total. The van der Waals surface area contributed by atoms with Crippen molar-refractivity contribution in [2.45, 2.75) is 39.3 Å². The summed E-state index contributed by atoms with van der Waals surface area (Å²) in [5.41, 5.74) is 1.50. The summed E-state index contributed by atoms with van der Waals surface area (Å²) in [5, 5.41) is 9.79. The van der Waals surface area contributed by atoms with Crippen molar-refractivity contribution in [2.24, 2.45) is 0 Å². The highest BCUT2D eigenvalue weighted by Crippen LogP contribution is 2.15. The predicted octanol–water partition coefficient (Wildman–Crippen LogP) is 3.07. The van der Waals surface area contributed by atoms with Crippen LogP contribution in [0.4, 0.5) is 0 Å². The Morgan fingerprint density at radius 3 is 2.53 bits per heavy atom. The van der Waals surface area contributed by atoms with Crippen LogP contribution in [0.3, 0.4) is 0 Å².